The Hall–Kier alpha value is -2.10. The second-order valence-corrected chi connectivity index (χ2v) is 8.64. The number of likely N-dealkylation sites (tertiary alicyclic amines) is 1. The number of fused-ring (bicyclic) bond motifs is 1. The molecule has 0 saturated carbocycles. The fraction of sp³-hybridized carbons (Fsp3) is 0.348. The molecular formula is C23H24INO5. The lowest BCUT2D eigenvalue weighted by Crippen LogP contribution is -2.32. The standard InChI is InChI=1S/C23H24INO5/c1-25-9-8-14(16(25)12-26)21-19(28-2)11-20(29-3)22-17(27)10-18(30-23(21)22)13-6-4-5-7-15(13)24/h4-7,10-11,14,16,26H,8-9,12H2,1-3H3. The van der Waals surface area contributed by atoms with Crippen LogP contribution in [0.15, 0.2) is 45.6 Å². The molecule has 6 nitrogen and oxygen atoms in total. The maximum atomic E-state index is 13.2. The number of nitrogens with zero attached hydrogens (tertiary/aromatic N) is 1. The van der Waals surface area contributed by atoms with Crippen LogP contribution in [0.4, 0.5) is 0 Å². The van der Waals surface area contributed by atoms with Crippen LogP contribution in [-0.4, -0.2) is 50.5 Å². The second kappa shape index (κ2) is 8.56. The van der Waals surface area contributed by atoms with Crippen molar-refractivity contribution in [3.63, 3.8) is 0 Å². The van der Waals surface area contributed by atoms with E-state index in [0.29, 0.717) is 28.2 Å². The summed E-state index contributed by atoms with van der Waals surface area (Å²) in [6.45, 7) is 0.853. The number of benzene rings is 2. The smallest absolute Gasteiger partial charge is 0.197 e. The molecule has 7 heteroatoms. The lowest BCUT2D eigenvalue weighted by molar-refractivity contribution is 0.171. The highest BCUT2D eigenvalue weighted by Crippen LogP contribution is 2.45. The third-order valence-corrected chi connectivity index (χ3v) is 6.87. The van der Waals surface area contributed by atoms with E-state index in [-0.39, 0.29) is 24.0 Å². The Labute approximate surface area is 188 Å². The highest BCUT2D eigenvalue weighted by molar-refractivity contribution is 14.1. The van der Waals surface area contributed by atoms with Crippen LogP contribution in [0.3, 0.4) is 0 Å². The fourth-order valence-electron chi connectivity index (χ4n) is 4.38. The Morgan fingerprint density at radius 3 is 2.60 bits per heavy atom. The number of aliphatic hydroxyl groups is 1. The Balaban J connectivity index is 2.07. The lowest BCUT2D eigenvalue weighted by atomic mass is 9.89. The van der Waals surface area contributed by atoms with Gasteiger partial charge in [-0.1, -0.05) is 18.2 Å². The van der Waals surface area contributed by atoms with E-state index in [1.807, 2.05) is 31.3 Å². The van der Waals surface area contributed by atoms with E-state index in [1.165, 1.54) is 13.2 Å². The van der Waals surface area contributed by atoms with Crippen LogP contribution in [0.1, 0.15) is 17.9 Å². The highest BCUT2D eigenvalue weighted by atomic mass is 127. The van der Waals surface area contributed by atoms with Gasteiger partial charge in [-0.3, -0.25) is 4.79 Å². The molecule has 2 heterocycles. The summed E-state index contributed by atoms with van der Waals surface area (Å²) in [5.41, 5.74) is 1.96. The molecule has 1 saturated heterocycles. The topological polar surface area (TPSA) is 72.1 Å². The molecule has 158 valence electrons. The zero-order valence-corrected chi connectivity index (χ0v) is 19.3. The van der Waals surface area contributed by atoms with Crippen molar-refractivity contribution < 1.29 is 19.0 Å². The summed E-state index contributed by atoms with van der Waals surface area (Å²) in [5, 5.41) is 10.4. The number of hydrogen-bond acceptors (Lipinski definition) is 6. The third-order valence-electron chi connectivity index (χ3n) is 5.93. The van der Waals surface area contributed by atoms with Crippen molar-refractivity contribution in [3.8, 4) is 22.8 Å². The molecule has 2 atom stereocenters. The van der Waals surface area contributed by atoms with Crippen LogP contribution in [0, 0.1) is 3.57 Å². The number of halogens is 1. The van der Waals surface area contributed by atoms with E-state index < -0.39 is 0 Å². The van der Waals surface area contributed by atoms with Crippen LogP contribution >= 0.6 is 22.6 Å². The van der Waals surface area contributed by atoms with Crippen molar-refractivity contribution in [3.05, 3.63) is 55.8 Å². The van der Waals surface area contributed by atoms with Gasteiger partial charge in [0.15, 0.2) is 5.43 Å². The maximum Gasteiger partial charge on any atom is 0.197 e. The zero-order valence-electron chi connectivity index (χ0n) is 17.1. The largest absolute Gasteiger partial charge is 0.496 e. The van der Waals surface area contributed by atoms with Crippen molar-refractivity contribution in [1.29, 1.82) is 0 Å². The number of aliphatic hydroxyl groups excluding tert-OH is 1. The van der Waals surface area contributed by atoms with Gasteiger partial charge in [0.2, 0.25) is 0 Å². The minimum Gasteiger partial charge on any atom is -0.496 e. The molecule has 3 aromatic rings. The van der Waals surface area contributed by atoms with Gasteiger partial charge in [-0.05, 0) is 48.7 Å². The molecule has 4 rings (SSSR count). The van der Waals surface area contributed by atoms with Crippen molar-refractivity contribution in [2.24, 2.45) is 0 Å². The van der Waals surface area contributed by atoms with Crippen LogP contribution < -0.4 is 14.9 Å². The van der Waals surface area contributed by atoms with Crippen LogP contribution in [0.5, 0.6) is 11.5 Å². The van der Waals surface area contributed by atoms with Gasteiger partial charge >= 0.3 is 0 Å². The molecule has 0 radical (unpaired) electrons. The van der Waals surface area contributed by atoms with E-state index in [1.54, 1.807) is 13.2 Å². The first kappa shape index (κ1) is 21.1. The van der Waals surface area contributed by atoms with Crippen LogP contribution in [-0.2, 0) is 0 Å². The van der Waals surface area contributed by atoms with Crippen molar-refractivity contribution >= 4 is 33.6 Å². The van der Waals surface area contributed by atoms with E-state index in [9.17, 15) is 9.90 Å². The summed E-state index contributed by atoms with van der Waals surface area (Å²) in [5.74, 6) is 1.49. The van der Waals surface area contributed by atoms with Gasteiger partial charge in [0.25, 0.3) is 0 Å². The summed E-state index contributed by atoms with van der Waals surface area (Å²) >= 11 is 2.24. The van der Waals surface area contributed by atoms with E-state index in [2.05, 4.69) is 27.5 Å². The molecule has 1 aromatic heterocycles. The quantitative estimate of drug-likeness (QED) is 0.515. The van der Waals surface area contributed by atoms with Gasteiger partial charge in [0.1, 0.15) is 28.2 Å². The Bertz CT molecular complexity index is 1140. The Kier molecular flexibility index (Phi) is 6.04. The van der Waals surface area contributed by atoms with Gasteiger partial charge in [0, 0.05) is 38.8 Å². The molecular weight excluding hydrogens is 497 g/mol. The Morgan fingerprint density at radius 2 is 1.93 bits per heavy atom. The normalized spacial score (nSPS) is 19.4. The molecule has 1 aliphatic heterocycles. The molecule has 30 heavy (non-hydrogen) atoms. The number of methoxy groups -OCH3 is 2. The van der Waals surface area contributed by atoms with Crippen LogP contribution in [0.25, 0.3) is 22.3 Å². The predicted octanol–water partition coefficient (Wildman–Crippen LogP) is 3.86. The minimum absolute atomic E-state index is 0.0123. The molecule has 0 spiro atoms. The van der Waals surface area contributed by atoms with Gasteiger partial charge in [-0.15, -0.1) is 0 Å². The highest BCUT2D eigenvalue weighted by Gasteiger charge is 2.37. The Morgan fingerprint density at radius 1 is 1.20 bits per heavy atom. The summed E-state index contributed by atoms with van der Waals surface area (Å²) in [6, 6.07) is 11.0. The minimum atomic E-state index is -0.168. The van der Waals surface area contributed by atoms with E-state index in [0.717, 1.165) is 27.7 Å². The number of likely N-dealkylation sites (N-methyl/N-ethyl adjacent to an activating group) is 1. The molecule has 0 aliphatic carbocycles. The second-order valence-electron chi connectivity index (χ2n) is 7.48. The summed E-state index contributed by atoms with van der Waals surface area (Å²) in [7, 11) is 5.12. The molecule has 1 aliphatic rings. The predicted molar refractivity (Wildman–Crippen MR) is 125 cm³/mol. The summed E-state index contributed by atoms with van der Waals surface area (Å²) in [6.07, 6.45) is 0.830. The van der Waals surface area contributed by atoms with Crippen LogP contribution in [0.2, 0.25) is 0 Å². The van der Waals surface area contributed by atoms with Gasteiger partial charge in [-0.2, -0.15) is 0 Å². The average Bonchev–Trinajstić information content (AvgIpc) is 3.12. The molecule has 2 aromatic carbocycles. The van der Waals surface area contributed by atoms with Crippen molar-refractivity contribution in [2.45, 2.75) is 18.4 Å². The fourth-order valence-corrected chi connectivity index (χ4v) is 5.04. The molecule has 1 N–H and O–H groups in total. The third kappa shape index (κ3) is 3.48. The summed E-state index contributed by atoms with van der Waals surface area (Å²) in [4.78, 5) is 15.3. The van der Waals surface area contributed by atoms with Crippen molar-refractivity contribution in [2.75, 3.05) is 34.4 Å². The molecule has 0 bridgehead atoms. The monoisotopic (exact) mass is 521 g/mol. The number of ether oxygens (including phenoxy) is 2. The van der Waals surface area contributed by atoms with E-state index >= 15 is 0 Å². The van der Waals surface area contributed by atoms with E-state index in [4.69, 9.17) is 13.9 Å². The SMILES string of the molecule is COc1cc(OC)c2c(=O)cc(-c3ccccc3I)oc2c1C1CCN(C)C1CO. The average molecular weight is 521 g/mol. The first-order valence-corrected chi connectivity index (χ1v) is 10.9. The molecule has 0 amide bonds. The summed E-state index contributed by atoms with van der Waals surface area (Å²) < 4.78 is 18.6. The zero-order chi connectivity index (χ0) is 21.4. The van der Waals surface area contributed by atoms with Gasteiger partial charge in [-0.25, -0.2) is 0 Å². The maximum absolute atomic E-state index is 13.2. The molecule has 1 fully saturated rings. The van der Waals surface area contributed by atoms with Gasteiger partial charge < -0.3 is 23.9 Å². The lowest BCUT2D eigenvalue weighted by Gasteiger charge is -2.25. The first-order chi connectivity index (χ1) is 14.5. The first-order valence-electron chi connectivity index (χ1n) is 9.78. The number of rotatable bonds is 5. The van der Waals surface area contributed by atoms with Gasteiger partial charge in [0.05, 0.1) is 20.8 Å². The molecule has 2 unspecified atom stereocenters. The number of hydrogen-bond donors (Lipinski definition) is 1. The van der Waals surface area contributed by atoms with Crippen molar-refractivity contribution in [1.82, 2.24) is 4.90 Å².